The third kappa shape index (κ3) is 4.63. The first-order valence-electron chi connectivity index (χ1n) is 9.45. The van der Waals surface area contributed by atoms with E-state index < -0.39 is 5.92 Å². The molecule has 0 bridgehead atoms. The third-order valence-corrected chi connectivity index (χ3v) is 4.58. The van der Waals surface area contributed by atoms with Crippen LogP contribution in [-0.4, -0.2) is 32.1 Å². The Morgan fingerprint density at radius 3 is 2.75 bits per heavy atom. The average molecular weight is 382 g/mol. The van der Waals surface area contributed by atoms with Crippen LogP contribution in [-0.2, 0) is 9.59 Å². The van der Waals surface area contributed by atoms with E-state index in [0.717, 1.165) is 5.69 Å². The van der Waals surface area contributed by atoms with Gasteiger partial charge in [0.2, 0.25) is 11.8 Å². The quantitative estimate of drug-likeness (QED) is 0.792. The number of nitrogens with zero attached hydrogens (tertiary/aromatic N) is 1. The standard InChI is InChI=1S/C22H26N2O4/c1-15(2)14-28-20-10-5-4-9-19(20)23-22(26)16-11-21(25)24(13-16)17-7-6-8-18(12-17)27-3/h4-10,12,15-16H,11,13-14H2,1-3H3,(H,23,26). The van der Waals surface area contributed by atoms with E-state index in [-0.39, 0.29) is 18.2 Å². The van der Waals surface area contributed by atoms with Gasteiger partial charge >= 0.3 is 0 Å². The van der Waals surface area contributed by atoms with Gasteiger partial charge in [-0.2, -0.15) is 0 Å². The zero-order chi connectivity index (χ0) is 20.1. The number of nitrogens with one attached hydrogen (secondary N) is 1. The van der Waals surface area contributed by atoms with Crippen molar-refractivity contribution in [1.29, 1.82) is 0 Å². The molecule has 3 rings (SSSR count). The van der Waals surface area contributed by atoms with E-state index in [1.165, 1.54) is 0 Å². The van der Waals surface area contributed by atoms with E-state index >= 15 is 0 Å². The molecule has 148 valence electrons. The fraction of sp³-hybridized carbons (Fsp3) is 0.364. The fourth-order valence-electron chi connectivity index (χ4n) is 3.10. The molecular weight excluding hydrogens is 356 g/mol. The molecule has 0 spiro atoms. The summed E-state index contributed by atoms with van der Waals surface area (Å²) in [7, 11) is 1.58. The number of benzene rings is 2. The summed E-state index contributed by atoms with van der Waals surface area (Å²) in [4.78, 5) is 26.9. The van der Waals surface area contributed by atoms with Gasteiger partial charge < -0.3 is 19.7 Å². The molecule has 0 aliphatic carbocycles. The second-order valence-corrected chi connectivity index (χ2v) is 7.30. The number of ether oxygens (including phenoxy) is 2. The monoisotopic (exact) mass is 382 g/mol. The van der Waals surface area contributed by atoms with Crippen molar-refractivity contribution in [2.24, 2.45) is 11.8 Å². The fourth-order valence-corrected chi connectivity index (χ4v) is 3.10. The first-order valence-corrected chi connectivity index (χ1v) is 9.45. The Balaban J connectivity index is 1.68. The molecule has 6 heteroatoms. The Morgan fingerprint density at radius 1 is 1.21 bits per heavy atom. The molecule has 1 fully saturated rings. The Bertz CT molecular complexity index is 850. The van der Waals surface area contributed by atoms with Crippen LogP contribution in [0.2, 0.25) is 0 Å². The minimum absolute atomic E-state index is 0.0715. The van der Waals surface area contributed by atoms with Crippen molar-refractivity contribution in [1.82, 2.24) is 0 Å². The van der Waals surface area contributed by atoms with Crippen LogP contribution in [0, 0.1) is 11.8 Å². The van der Waals surface area contributed by atoms with E-state index in [1.54, 1.807) is 18.1 Å². The molecule has 2 aromatic carbocycles. The number of rotatable bonds is 7. The van der Waals surface area contributed by atoms with Crippen LogP contribution in [0.1, 0.15) is 20.3 Å². The summed E-state index contributed by atoms with van der Waals surface area (Å²) in [6.07, 6.45) is 0.179. The molecule has 2 amide bonds. The molecule has 28 heavy (non-hydrogen) atoms. The van der Waals surface area contributed by atoms with E-state index in [2.05, 4.69) is 19.2 Å². The van der Waals surface area contributed by atoms with Gasteiger partial charge in [-0.3, -0.25) is 9.59 Å². The molecule has 1 unspecified atom stereocenters. The van der Waals surface area contributed by atoms with E-state index in [4.69, 9.17) is 9.47 Å². The molecule has 2 aromatic rings. The summed E-state index contributed by atoms with van der Waals surface area (Å²) in [6.45, 7) is 5.04. The largest absolute Gasteiger partial charge is 0.497 e. The van der Waals surface area contributed by atoms with Gasteiger partial charge in [-0.25, -0.2) is 0 Å². The highest BCUT2D eigenvalue weighted by Crippen LogP contribution is 2.30. The van der Waals surface area contributed by atoms with Crippen LogP contribution >= 0.6 is 0 Å². The van der Waals surface area contributed by atoms with Gasteiger partial charge in [-0.05, 0) is 30.2 Å². The summed E-state index contributed by atoms with van der Waals surface area (Å²) in [5.41, 5.74) is 1.36. The number of carbonyl (C=O) groups is 2. The molecule has 6 nitrogen and oxygen atoms in total. The topological polar surface area (TPSA) is 67.9 Å². The van der Waals surface area contributed by atoms with E-state index in [9.17, 15) is 9.59 Å². The lowest BCUT2D eigenvalue weighted by Gasteiger charge is -2.18. The summed E-state index contributed by atoms with van der Waals surface area (Å²) in [5.74, 6) is 1.02. The van der Waals surface area contributed by atoms with Crippen molar-refractivity contribution in [3.8, 4) is 11.5 Å². The van der Waals surface area contributed by atoms with Gasteiger partial charge in [0.15, 0.2) is 0 Å². The normalized spacial score (nSPS) is 16.4. The summed E-state index contributed by atoms with van der Waals surface area (Å²) < 4.78 is 11.0. The highest BCUT2D eigenvalue weighted by molar-refractivity contribution is 6.04. The first-order chi connectivity index (χ1) is 13.5. The second-order valence-electron chi connectivity index (χ2n) is 7.30. The first kappa shape index (κ1) is 19.7. The molecular formula is C22H26N2O4. The predicted molar refractivity (Wildman–Crippen MR) is 109 cm³/mol. The highest BCUT2D eigenvalue weighted by Gasteiger charge is 2.35. The van der Waals surface area contributed by atoms with Crippen molar-refractivity contribution in [3.05, 3.63) is 48.5 Å². The highest BCUT2D eigenvalue weighted by atomic mass is 16.5. The third-order valence-electron chi connectivity index (χ3n) is 4.58. The van der Waals surface area contributed by atoms with Gasteiger partial charge in [-0.1, -0.05) is 32.0 Å². The number of carbonyl (C=O) groups excluding carboxylic acids is 2. The zero-order valence-corrected chi connectivity index (χ0v) is 16.5. The van der Waals surface area contributed by atoms with Gasteiger partial charge in [0.05, 0.1) is 25.3 Å². The number of amides is 2. The molecule has 1 N–H and O–H groups in total. The van der Waals surface area contributed by atoms with Crippen LogP contribution < -0.4 is 19.7 Å². The SMILES string of the molecule is COc1cccc(N2CC(C(=O)Nc3ccccc3OCC(C)C)CC2=O)c1. The lowest BCUT2D eigenvalue weighted by atomic mass is 10.1. The number of hydrogen-bond donors (Lipinski definition) is 1. The molecule has 1 saturated heterocycles. The maximum Gasteiger partial charge on any atom is 0.229 e. The summed E-state index contributed by atoms with van der Waals surface area (Å²) >= 11 is 0. The maximum absolute atomic E-state index is 12.8. The Kier molecular flexibility index (Phi) is 6.19. The summed E-state index contributed by atoms with van der Waals surface area (Å²) in [6, 6.07) is 14.7. The molecule has 0 saturated carbocycles. The Hall–Kier alpha value is -3.02. The molecule has 1 aliphatic rings. The van der Waals surface area contributed by atoms with Crippen molar-refractivity contribution >= 4 is 23.2 Å². The molecule has 1 aliphatic heterocycles. The van der Waals surface area contributed by atoms with E-state index in [1.807, 2.05) is 42.5 Å². The van der Waals surface area contributed by atoms with Gasteiger partial charge in [0.1, 0.15) is 11.5 Å². The van der Waals surface area contributed by atoms with Gasteiger partial charge in [-0.15, -0.1) is 0 Å². The minimum atomic E-state index is -0.420. The van der Waals surface area contributed by atoms with E-state index in [0.29, 0.717) is 36.3 Å². The molecule has 1 atom stereocenters. The van der Waals surface area contributed by atoms with Crippen LogP contribution in [0.5, 0.6) is 11.5 Å². The summed E-state index contributed by atoms with van der Waals surface area (Å²) in [5, 5.41) is 2.92. The van der Waals surface area contributed by atoms with Crippen LogP contribution in [0.4, 0.5) is 11.4 Å². The maximum atomic E-state index is 12.8. The lowest BCUT2D eigenvalue weighted by molar-refractivity contribution is -0.122. The molecule has 0 aromatic heterocycles. The van der Waals surface area contributed by atoms with Gasteiger partial charge in [0.25, 0.3) is 0 Å². The minimum Gasteiger partial charge on any atom is -0.497 e. The van der Waals surface area contributed by atoms with Crippen LogP contribution in [0.15, 0.2) is 48.5 Å². The second kappa shape index (κ2) is 8.78. The Labute approximate surface area is 165 Å². The Morgan fingerprint density at radius 2 is 2.00 bits per heavy atom. The van der Waals surface area contributed by atoms with Crippen molar-refractivity contribution in [2.75, 3.05) is 30.5 Å². The average Bonchev–Trinajstić information content (AvgIpc) is 3.09. The smallest absolute Gasteiger partial charge is 0.229 e. The number of hydrogen-bond acceptors (Lipinski definition) is 4. The number of anilines is 2. The lowest BCUT2D eigenvalue weighted by Crippen LogP contribution is -2.28. The zero-order valence-electron chi connectivity index (χ0n) is 16.5. The van der Waals surface area contributed by atoms with Crippen molar-refractivity contribution in [2.45, 2.75) is 20.3 Å². The van der Waals surface area contributed by atoms with Crippen molar-refractivity contribution in [3.63, 3.8) is 0 Å². The van der Waals surface area contributed by atoms with Crippen LogP contribution in [0.25, 0.3) is 0 Å². The predicted octanol–water partition coefficient (Wildman–Crippen LogP) is 3.72. The number of methoxy groups -OCH3 is 1. The number of para-hydroxylation sites is 2. The van der Waals surface area contributed by atoms with Crippen LogP contribution in [0.3, 0.4) is 0 Å². The molecule has 1 heterocycles. The molecule has 0 radical (unpaired) electrons. The van der Waals surface area contributed by atoms with Crippen molar-refractivity contribution < 1.29 is 19.1 Å². The van der Waals surface area contributed by atoms with Gasteiger partial charge in [0, 0.05) is 24.7 Å².